The van der Waals surface area contributed by atoms with Crippen LogP contribution in [0.5, 0.6) is 0 Å². The normalized spacial score (nSPS) is 14.3. The Morgan fingerprint density at radius 1 is 1.44 bits per heavy atom. The molecule has 0 aliphatic heterocycles. The van der Waals surface area contributed by atoms with Crippen LogP contribution in [-0.2, 0) is 11.0 Å². The van der Waals surface area contributed by atoms with Gasteiger partial charge < -0.3 is 0 Å². The fourth-order valence-corrected chi connectivity index (χ4v) is 2.18. The van der Waals surface area contributed by atoms with E-state index in [4.69, 9.17) is 11.6 Å². The number of hydrogen-bond donors (Lipinski definition) is 0. The largest absolute Gasteiger partial charge is 0.234 e. The summed E-state index contributed by atoms with van der Waals surface area (Å²) in [6.07, 6.45) is 1.60. The molecule has 1 aromatic rings. The molecule has 0 aromatic heterocycles. The molecule has 88 valence electrons. The first-order chi connectivity index (χ1) is 7.30. The molecule has 0 heterocycles. The minimum atomic E-state index is -1.24. The van der Waals surface area contributed by atoms with E-state index in [1.165, 1.54) is 0 Å². The Labute approximate surface area is 112 Å². The molecule has 0 spiro atoms. The number of hydrogen-bond acceptors (Lipinski definition) is 1. The molecule has 2 nitrogen and oxygen atoms in total. The second kappa shape index (κ2) is 5.43. The molecule has 0 amide bonds. The summed E-state index contributed by atoms with van der Waals surface area (Å²) in [5.41, 5.74) is 0.863. The quantitative estimate of drug-likeness (QED) is 0.757. The van der Waals surface area contributed by atoms with Crippen LogP contribution in [0.1, 0.15) is 26.3 Å². The molecule has 5 heteroatoms. The Balaban J connectivity index is 2.89. The minimum Gasteiger partial charge on any atom is -0.234 e. The SMILES string of the molecule is CC(C)(C)[S@](=O)/N=C/c1ccc(Cl)cc1Br. The highest BCUT2D eigenvalue weighted by molar-refractivity contribution is 9.10. The van der Waals surface area contributed by atoms with Crippen LogP contribution in [0.4, 0.5) is 0 Å². The Morgan fingerprint density at radius 2 is 2.06 bits per heavy atom. The first kappa shape index (κ1) is 13.9. The van der Waals surface area contributed by atoms with Gasteiger partial charge in [0.15, 0.2) is 0 Å². The van der Waals surface area contributed by atoms with Crippen molar-refractivity contribution >= 4 is 44.7 Å². The van der Waals surface area contributed by atoms with E-state index >= 15 is 0 Å². The maximum Gasteiger partial charge on any atom is 0.144 e. The lowest BCUT2D eigenvalue weighted by Gasteiger charge is -2.12. The van der Waals surface area contributed by atoms with Gasteiger partial charge >= 0.3 is 0 Å². The van der Waals surface area contributed by atoms with Crippen LogP contribution in [0, 0.1) is 0 Å². The standard InChI is InChI=1S/C11H13BrClNOS/c1-11(2,3)16(15)14-7-8-4-5-9(13)6-10(8)12/h4-7H,1-3H3/b14-7+/t16-/m0/s1. The van der Waals surface area contributed by atoms with Gasteiger partial charge in [-0.05, 0) is 32.9 Å². The van der Waals surface area contributed by atoms with Gasteiger partial charge in [0.1, 0.15) is 11.0 Å². The van der Waals surface area contributed by atoms with Gasteiger partial charge in [-0.25, -0.2) is 4.21 Å². The molecule has 1 rings (SSSR count). The van der Waals surface area contributed by atoms with E-state index in [-0.39, 0.29) is 4.75 Å². The fraction of sp³-hybridized carbons (Fsp3) is 0.364. The van der Waals surface area contributed by atoms with Crippen LogP contribution in [0.2, 0.25) is 5.02 Å². The second-order valence-corrected chi connectivity index (χ2v) is 7.49. The van der Waals surface area contributed by atoms with Crippen molar-refractivity contribution in [3.63, 3.8) is 0 Å². The smallest absolute Gasteiger partial charge is 0.144 e. The van der Waals surface area contributed by atoms with Crippen molar-refractivity contribution in [2.75, 3.05) is 0 Å². The Hall–Kier alpha value is -0.190. The van der Waals surface area contributed by atoms with Crippen LogP contribution < -0.4 is 0 Å². The second-order valence-electron chi connectivity index (χ2n) is 4.26. The van der Waals surface area contributed by atoms with Crippen LogP contribution in [0.25, 0.3) is 0 Å². The van der Waals surface area contributed by atoms with Crippen molar-refractivity contribution in [2.45, 2.75) is 25.5 Å². The number of nitrogens with zero attached hydrogens (tertiary/aromatic N) is 1. The zero-order valence-corrected chi connectivity index (χ0v) is 12.5. The minimum absolute atomic E-state index is 0.338. The van der Waals surface area contributed by atoms with Gasteiger partial charge in [-0.2, -0.15) is 4.40 Å². The molecular formula is C11H13BrClNOS. The zero-order valence-electron chi connectivity index (χ0n) is 9.33. The van der Waals surface area contributed by atoms with Crippen molar-refractivity contribution in [1.82, 2.24) is 0 Å². The molecule has 0 N–H and O–H groups in total. The Morgan fingerprint density at radius 3 is 2.56 bits per heavy atom. The molecule has 1 aromatic carbocycles. The molecule has 1 atom stereocenters. The topological polar surface area (TPSA) is 29.4 Å². The van der Waals surface area contributed by atoms with Crippen molar-refractivity contribution in [3.05, 3.63) is 33.3 Å². The average Bonchev–Trinajstić information content (AvgIpc) is 2.14. The van der Waals surface area contributed by atoms with E-state index in [0.717, 1.165) is 10.0 Å². The third kappa shape index (κ3) is 4.00. The van der Waals surface area contributed by atoms with Gasteiger partial charge in [0.2, 0.25) is 0 Å². The fourth-order valence-electron chi connectivity index (χ4n) is 0.869. The van der Waals surface area contributed by atoms with E-state index in [1.54, 1.807) is 18.3 Å². The summed E-state index contributed by atoms with van der Waals surface area (Å²) in [6.45, 7) is 5.66. The summed E-state index contributed by atoms with van der Waals surface area (Å²) >= 11 is 9.19. The Bertz CT molecular complexity index is 440. The predicted molar refractivity (Wildman–Crippen MR) is 74.6 cm³/mol. The van der Waals surface area contributed by atoms with Gasteiger partial charge in [0.25, 0.3) is 0 Å². The van der Waals surface area contributed by atoms with Crippen LogP contribution in [0.3, 0.4) is 0 Å². The summed E-state index contributed by atoms with van der Waals surface area (Å²) < 4.78 is 16.2. The molecule has 0 unspecified atom stereocenters. The summed E-state index contributed by atoms with van der Waals surface area (Å²) in [4.78, 5) is 0. The van der Waals surface area contributed by atoms with Crippen molar-refractivity contribution < 1.29 is 4.21 Å². The first-order valence-electron chi connectivity index (χ1n) is 4.72. The van der Waals surface area contributed by atoms with Gasteiger partial charge in [-0.1, -0.05) is 33.6 Å². The van der Waals surface area contributed by atoms with Gasteiger partial charge in [0, 0.05) is 21.3 Å². The summed E-state index contributed by atoms with van der Waals surface area (Å²) in [7, 11) is -1.24. The Kier molecular flexibility index (Phi) is 4.71. The van der Waals surface area contributed by atoms with Crippen molar-refractivity contribution in [3.8, 4) is 0 Å². The molecule has 0 bridgehead atoms. The maximum atomic E-state index is 11.7. The van der Waals surface area contributed by atoms with Crippen molar-refractivity contribution in [2.24, 2.45) is 4.40 Å². The number of benzene rings is 1. The lowest BCUT2D eigenvalue weighted by atomic mass is 10.2. The monoisotopic (exact) mass is 321 g/mol. The van der Waals surface area contributed by atoms with Crippen LogP contribution in [-0.4, -0.2) is 15.2 Å². The van der Waals surface area contributed by atoms with Crippen LogP contribution in [0.15, 0.2) is 27.1 Å². The maximum absolute atomic E-state index is 11.7. The van der Waals surface area contributed by atoms with Gasteiger partial charge in [0.05, 0.1) is 4.75 Å². The van der Waals surface area contributed by atoms with Gasteiger partial charge in [-0.3, -0.25) is 0 Å². The molecule has 0 radical (unpaired) electrons. The third-order valence-corrected chi connectivity index (χ3v) is 4.04. The lowest BCUT2D eigenvalue weighted by Crippen LogP contribution is -2.19. The molecular weight excluding hydrogens is 310 g/mol. The molecule has 0 aliphatic carbocycles. The summed E-state index contributed by atoms with van der Waals surface area (Å²) in [6, 6.07) is 5.38. The molecule has 0 aliphatic rings. The van der Waals surface area contributed by atoms with Crippen LogP contribution >= 0.6 is 27.5 Å². The molecule has 0 saturated carbocycles. The molecule has 0 saturated heterocycles. The van der Waals surface area contributed by atoms with E-state index in [9.17, 15) is 4.21 Å². The van der Waals surface area contributed by atoms with E-state index in [1.807, 2.05) is 26.8 Å². The van der Waals surface area contributed by atoms with E-state index in [2.05, 4.69) is 20.3 Å². The van der Waals surface area contributed by atoms with E-state index in [0.29, 0.717) is 5.02 Å². The highest BCUT2D eigenvalue weighted by atomic mass is 79.9. The average molecular weight is 323 g/mol. The summed E-state index contributed by atoms with van der Waals surface area (Å²) in [5.74, 6) is 0. The lowest BCUT2D eigenvalue weighted by molar-refractivity contribution is 0.651. The number of halogens is 2. The number of rotatable bonds is 2. The van der Waals surface area contributed by atoms with Crippen molar-refractivity contribution in [1.29, 1.82) is 0 Å². The molecule has 16 heavy (non-hydrogen) atoms. The molecule has 0 fully saturated rings. The zero-order chi connectivity index (χ0) is 12.3. The predicted octanol–water partition coefficient (Wildman–Crippen LogP) is 3.98. The highest BCUT2D eigenvalue weighted by Crippen LogP contribution is 2.20. The highest BCUT2D eigenvalue weighted by Gasteiger charge is 2.18. The summed E-state index contributed by atoms with van der Waals surface area (Å²) in [5, 5.41) is 0.654. The first-order valence-corrected chi connectivity index (χ1v) is 6.99. The van der Waals surface area contributed by atoms with E-state index < -0.39 is 11.0 Å². The third-order valence-electron chi connectivity index (χ3n) is 1.77. The van der Waals surface area contributed by atoms with Gasteiger partial charge in [-0.15, -0.1) is 0 Å².